The van der Waals surface area contributed by atoms with Gasteiger partial charge in [0.1, 0.15) is 48.2 Å². The molecule has 14 nitrogen and oxygen atoms in total. The summed E-state index contributed by atoms with van der Waals surface area (Å²) in [6, 6.07) is 3.05. The zero-order chi connectivity index (χ0) is 28.5. The minimum absolute atomic E-state index is 0.0976. The van der Waals surface area contributed by atoms with E-state index in [9.17, 15) is 19.2 Å². The summed E-state index contributed by atoms with van der Waals surface area (Å²) in [7, 11) is 0. The number of aromatic nitrogens is 4. The van der Waals surface area contributed by atoms with Crippen molar-refractivity contribution in [1.82, 2.24) is 19.1 Å². The number of hydrogen-bond donors (Lipinski definition) is 2. The Labute approximate surface area is 238 Å². The van der Waals surface area contributed by atoms with Gasteiger partial charge < -0.3 is 30.4 Å². The van der Waals surface area contributed by atoms with E-state index in [0.717, 1.165) is 12.8 Å². The number of nitrogens with zero attached hydrogens (tertiary/aromatic N) is 4. The molecule has 0 saturated carbocycles. The van der Waals surface area contributed by atoms with E-state index in [2.05, 4.69) is 9.97 Å². The second kappa shape index (κ2) is 14.5. The average Bonchev–Trinajstić information content (AvgIpc) is 3.58. The molecule has 4 N–H and O–H groups in total. The number of nitrogen functional groups attached to an aromatic ring is 2. The molecule has 2 saturated heterocycles. The number of carbonyl (C=O) groups excluding carboxylic acids is 2. The van der Waals surface area contributed by atoms with Crippen LogP contribution in [-0.2, 0) is 28.5 Å². The van der Waals surface area contributed by atoms with Crippen LogP contribution in [-0.4, -0.2) is 66.6 Å². The average molecular weight is 597 g/mol. The molecule has 2 aromatic rings. The van der Waals surface area contributed by atoms with Crippen molar-refractivity contribution in [2.24, 2.45) is 0 Å². The Hall–Kier alpha value is -3.08. The fraction of sp³-hybridized carbons (Fsp3) is 0.583. The van der Waals surface area contributed by atoms with Gasteiger partial charge in [-0.05, 0) is 25.0 Å². The van der Waals surface area contributed by atoms with Crippen LogP contribution in [0.15, 0.2) is 34.1 Å². The van der Waals surface area contributed by atoms with Gasteiger partial charge in [-0.2, -0.15) is 9.97 Å². The quantitative estimate of drug-likeness (QED) is 0.248. The third-order valence-electron chi connectivity index (χ3n) is 6.06. The Morgan fingerprint density at radius 2 is 1.23 bits per heavy atom. The molecule has 2 fully saturated rings. The summed E-state index contributed by atoms with van der Waals surface area (Å²) in [5, 5.41) is 0. The molecule has 2 aromatic heterocycles. The van der Waals surface area contributed by atoms with Crippen molar-refractivity contribution >= 4 is 47.1 Å². The molecule has 0 unspecified atom stereocenters. The minimum atomic E-state index is -0.487. The Morgan fingerprint density at radius 3 is 1.62 bits per heavy atom. The van der Waals surface area contributed by atoms with Crippen molar-refractivity contribution in [3.05, 3.63) is 45.5 Å². The molecule has 0 bridgehead atoms. The molecular formula is C24H32N6O8S2. The first kappa shape index (κ1) is 29.9. The molecule has 2 aliphatic rings. The van der Waals surface area contributed by atoms with Gasteiger partial charge in [-0.15, -0.1) is 23.5 Å². The number of thioether (sulfide) groups is 2. The van der Waals surface area contributed by atoms with Crippen LogP contribution in [0.4, 0.5) is 11.6 Å². The molecule has 0 aliphatic carbocycles. The number of carbonyl (C=O) groups is 2. The number of nitrogens with two attached hydrogens (primary N) is 2. The van der Waals surface area contributed by atoms with Crippen LogP contribution in [0.5, 0.6) is 0 Å². The molecule has 40 heavy (non-hydrogen) atoms. The lowest BCUT2D eigenvalue weighted by molar-refractivity contribution is -0.148. The summed E-state index contributed by atoms with van der Waals surface area (Å²) in [6.07, 6.45) is 5.50. The summed E-state index contributed by atoms with van der Waals surface area (Å²) in [4.78, 5) is 55.4. The molecule has 16 heteroatoms. The highest BCUT2D eigenvalue weighted by molar-refractivity contribution is 8.00. The molecular weight excluding hydrogens is 564 g/mol. The van der Waals surface area contributed by atoms with Crippen LogP contribution in [0.1, 0.15) is 51.0 Å². The Morgan fingerprint density at radius 1 is 0.800 bits per heavy atom. The van der Waals surface area contributed by atoms with E-state index in [0.29, 0.717) is 24.3 Å². The zero-order valence-corrected chi connectivity index (χ0v) is 23.3. The second-order valence-electron chi connectivity index (χ2n) is 9.07. The van der Waals surface area contributed by atoms with Crippen molar-refractivity contribution in [3.63, 3.8) is 0 Å². The largest absolute Gasteiger partial charge is 0.462 e. The van der Waals surface area contributed by atoms with Crippen LogP contribution < -0.4 is 22.8 Å². The van der Waals surface area contributed by atoms with Crippen LogP contribution in [0, 0.1) is 0 Å². The third-order valence-corrected chi connectivity index (χ3v) is 8.26. The zero-order valence-electron chi connectivity index (χ0n) is 21.7. The summed E-state index contributed by atoms with van der Waals surface area (Å²) >= 11 is 2.92. The van der Waals surface area contributed by atoms with Crippen molar-refractivity contribution in [2.75, 3.05) is 36.2 Å². The van der Waals surface area contributed by atoms with Gasteiger partial charge in [0.2, 0.25) is 0 Å². The highest BCUT2D eigenvalue weighted by atomic mass is 32.2. The van der Waals surface area contributed by atoms with E-state index in [-0.39, 0.29) is 60.5 Å². The smallest absolute Gasteiger partial charge is 0.351 e. The summed E-state index contributed by atoms with van der Waals surface area (Å²) < 4.78 is 24.9. The van der Waals surface area contributed by atoms with E-state index in [1.807, 2.05) is 0 Å². The highest BCUT2D eigenvalue weighted by Crippen LogP contribution is 2.32. The van der Waals surface area contributed by atoms with Crippen molar-refractivity contribution in [2.45, 2.75) is 61.9 Å². The molecule has 0 spiro atoms. The SMILES string of the molecule is Nc1ccn([C@@H]2CS[C@H](COC(=O)CCCCCCC(=O)OC[C@@H]3O[C@H](n4ccc(N)nc4=O)CS3)O2)c(=O)n1. The minimum Gasteiger partial charge on any atom is -0.462 e. The van der Waals surface area contributed by atoms with E-state index >= 15 is 0 Å². The third kappa shape index (κ3) is 8.71. The fourth-order valence-electron chi connectivity index (χ4n) is 4.00. The molecule has 4 rings (SSSR count). The number of rotatable bonds is 13. The molecule has 2 aliphatic heterocycles. The maximum Gasteiger partial charge on any atom is 0.351 e. The molecule has 4 atom stereocenters. The van der Waals surface area contributed by atoms with E-state index in [4.69, 9.17) is 30.4 Å². The van der Waals surface area contributed by atoms with E-state index in [1.54, 1.807) is 0 Å². The summed E-state index contributed by atoms with van der Waals surface area (Å²) in [5.41, 5.74) is 9.32. The van der Waals surface area contributed by atoms with Crippen molar-refractivity contribution in [1.29, 1.82) is 0 Å². The number of anilines is 2. The number of unbranched alkanes of at least 4 members (excludes halogenated alkanes) is 3. The number of hydrogen-bond acceptors (Lipinski definition) is 14. The monoisotopic (exact) mass is 596 g/mol. The lowest BCUT2D eigenvalue weighted by Gasteiger charge is -2.15. The van der Waals surface area contributed by atoms with Gasteiger partial charge in [-0.1, -0.05) is 12.8 Å². The Kier molecular flexibility index (Phi) is 10.9. The van der Waals surface area contributed by atoms with Crippen LogP contribution in [0.3, 0.4) is 0 Å². The molecule has 218 valence electrons. The molecule has 0 radical (unpaired) electrons. The van der Waals surface area contributed by atoms with Gasteiger partial charge in [0.15, 0.2) is 0 Å². The summed E-state index contributed by atoms with van der Waals surface area (Å²) in [5.74, 6) is 0.729. The topological polar surface area (TPSA) is 193 Å². The van der Waals surface area contributed by atoms with Crippen LogP contribution >= 0.6 is 23.5 Å². The van der Waals surface area contributed by atoms with Gasteiger partial charge >= 0.3 is 23.3 Å². The van der Waals surface area contributed by atoms with Gasteiger partial charge in [0, 0.05) is 36.7 Å². The first-order chi connectivity index (χ1) is 19.3. The number of esters is 2. The Balaban J connectivity index is 1.01. The molecule has 0 aromatic carbocycles. The predicted molar refractivity (Wildman–Crippen MR) is 148 cm³/mol. The lowest BCUT2D eigenvalue weighted by Crippen LogP contribution is -2.29. The Bertz CT molecular complexity index is 1190. The first-order valence-electron chi connectivity index (χ1n) is 12.8. The molecule has 4 heterocycles. The van der Waals surface area contributed by atoms with E-state index < -0.39 is 23.8 Å². The normalized spacial score (nSPS) is 22.3. The van der Waals surface area contributed by atoms with Crippen LogP contribution in [0.2, 0.25) is 0 Å². The predicted octanol–water partition coefficient (Wildman–Crippen LogP) is 1.27. The summed E-state index contributed by atoms with van der Waals surface area (Å²) in [6.45, 7) is 0.195. The van der Waals surface area contributed by atoms with Gasteiger partial charge in [0.05, 0.1) is 0 Å². The van der Waals surface area contributed by atoms with Crippen molar-refractivity contribution < 1.29 is 28.5 Å². The first-order valence-corrected chi connectivity index (χ1v) is 14.9. The van der Waals surface area contributed by atoms with Gasteiger partial charge in [-0.3, -0.25) is 18.7 Å². The lowest BCUT2D eigenvalue weighted by atomic mass is 10.1. The molecule has 0 amide bonds. The second-order valence-corrected chi connectivity index (χ2v) is 11.5. The van der Waals surface area contributed by atoms with Crippen LogP contribution in [0.25, 0.3) is 0 Å². The maximum atomic E-state index is 12.1. The highest BCUT2D eigenvalue weighted by Gasteiger charge is 2.30. The van der Waals surface area contributed by atoms with Gasteiger partial charge in [-0.25, -0.2) is 9.59 Å². The van der Waals surface area contributed by atoms with Gasteiger partial charge in [0.25, 0.3) is 0 Å². The number of ether oxygens (including phenoxy) is 4. The fourth-order valence-corrected chi connectivity index (χ4v) is 5.98. The van der Waals surface area contributed by atoms with Crippen molar-refractivity contribution in [3.8, 4) is 0 Å². The maximum absolute atomic E-state index is 12.1. The van der Waals surface area contributed by atoms with E-state index in [1.165, 1.54) is 57.2 Å². The standard InChI is InChI=1S/C24H32N6O8S2/c25-15-7-9-29(23(33)27-15)17-13-39-21(37-17)11-35-19(31)5-3-1-2-4-6-20(32)36-12-22-38-18(14-40-22)30-10-8-16(26)28-24(30)34/h7-10,17-18,21-22H,1-6,11-14H2,(H2,25,27,33)(H2,26,28,34)/t17-,18-,21+,22+/m0/s1.